The van der Waals surface area contributed by atoms with Crippen LogP contribution in [0.3, 0.4) is 0 Å². The number of benzene rings is 4. The van der Waals surface area contributed by atoms with E-state index in [1.54, 1.807) is 16.9 Å². The standard InChI is InChI=1S/C74H104N12O19/c1-49(87)45-83-33-37-85(47-67(93)94)39-35-84(36-40-86(38-34-83)48-68(95)96)46-65(90)75-31-9-7-18-59(79-64(89)44-77-63(88)21-11-13-50-25-29-55(105-2)30-26-50)70(98)78-43-51-23-27-52(28-24-51)69(97)80-62(42-58-56-16-5-3-14-53(56)41-54-15-4-6-17-57(54)58)71(99)76-32-10-8-19-60(72(100)101)81-74(104)82-61(73(102)103)20-12-22-66(91)92/h3-6,14-17,25-26,29-30,41,51-52,59-62H,7-13,18-24,27-28,31-40,42-48H2,1-2H3,(H,75,90)(H,76,99)(H,77,88)(H,78,98)(H,79,89)(H,80,97)(H,91,92)(H,93,94)(H,95,96)(H,100,101)(H,102,103)(H2,81,82,104)/t51?,52?,59-,60-,61-,62-/m0/s1. The number of urea groups is 1. The minimum atomic E-state index is -1.46. The maximum Gasteiger partial charge on any atom is 0.326 e. The van der Waals surface area contributed by atoms with Crippen LogP contribution < -0.4 is 47.3 Å². The van der Waals surface area contributed by atoms with Crippen LogP contribution >= 0.6 is 0 Å². The highest BCUT2D eigenvalue weighted by atomic mass is 16.5. The molecule has 13 N–H and O–H groups in total. The Hall–Kier alpha value is -9.85. The highest BCUT2D eigenvalue weighted by Gasteiger charge is 2.33. The second kappa shape index (κ2) is 44.7. The molecule has 2 fully saturated rings. The number of ketones is 1. The molecule has 1 heterocycles. The molecule has 0 unspecified atom stereocenters. The predicted octanol–water partition coefficient (Wildman–Crippen LogP) is 2.59. The van der Waals surface area contributed by atoms with Crippen LogP contribution in [-0.4, -0.2) is 258 Å². The fraction of sp³-hybridized carbons (Fsp3) is 0.554. The van der Waals surface area contributed by atoms with Gasteiger partial charge in [0, 0.05) is 97.2 Å². The van der Waals surface area contributed by atoms with Crippen molar-refractivity contribution >= 4 is 98.6 Å². The lowest BCUT2D eigenvalue weighted by Gasteiger charge is -2.33. The molecule has 4 atom stereocenters. The molecule has 4 aromatic carbocycles. The molecule has 574 valence electrons. The number of Topliss-reactive ketones (excluding diaryl/α,β-unsaturated/α-hetero) is 1. The summed E-state index contributed by atoms with van der Waals surface area (Å²) in [5, 5.41) is 73.2. The summed E-state index contributed by atoms with van der Waals surface area (Å²) in [6, 6.07) is 19.0. The molecule has 8 amide bonds. The summed E-state index contributed by atoms with van der Waals surface area (Å²) in [6.07, 6.45) is 4.07. The zero-order chi connectivity index (χ0) is 76.2. The molecule has 105 heavy (non-hydrogen) atoms. The highest BCUT2D eigenvalue weighted by Crippen LogP contribution is 2.32. The predicted molar refractivity (Wildman–Crippen MR) is 388 cm³/mol. The third kappa shape index (κ3) is 31.2. The van der Waals surface area contributed by atoms with Crippen molar-refractivity contribution in [3.05, 3.63) is 90.0 Å². The van der Waals surface area contributed by atoms with E-state index in [4.69, 9.17) is 9.84 Å². The van der Waals surface area contributed by atoms with Crippen LogP contribution in [0.1, 0.15) is 114 Å². The van der Waals surface area contributed by atoms with E-state index in [-0.39, 0.29) is 153 Å². The molecule has 0 bridgehead atoms. The number of fused-ring (bicyclic) bond motifs is 2. The van der Waals surface area contributed by atoms with Gasteiger partial charge in [-0.25, -0.2) is 14.4 Å². The second-order valence-corrected chi connectivity index (χ2v) is 27.0. The normalized spacial score (nSPS) is 16.8. The number of carboxylic acids is 5. The maximum absolute atomic E-state index is 14.4. The summed E-state index contributed by atoms with van der Waals surface area (Å²) < 4.78 is 5.23. The number of aliphatic carboxylic acids is 5. The van der Waals surface area contributed by atoms with Gasteiger partial charge in [-0.1, -0.05) is 60.7 Å². The van der Waals surface area contributed by atoms with Crippen LogP contribution in [0.5, 0.6) is 5.75 Å². The molecule has 2 aliphatic rings. The van der Waals surface area contributed by atoms with E-state index in [0.29, 0.717) is 96.4 Å². The van der Waals surface area contributed by atoms with E-state index in [1.165, 1.54) is 6.92 Å². The third-order valence-electron chi connectivity index (χ3n) is 18.8. The van der Waals surface area contributed by atoms with Gasteiger partial charge in [0.1, 0.15) is 35.7 Å². The first-order valence-corrected chi connectivity index (χ1v) is 36.1. The lowest BCUT2D eigenvalue weighted by atomic mass is 9.81. The molecular formula is C74H104N12O19. The van der Waals surface area contributed by atoms with Crippen LogP contribution in [0.4, 0.5) is 4.79 Å². The number of aryl methyl sites for hydroxylation is 1. The van der Waals surface area contributed by atoms with Crippen molar-refractivity contribution in [1.29, 1.82) is 0 Å². The quantitative estimate of drug-likeness (QED) is 0.0224. The van der Waals surface area contributed by atoms with Crippen LogP contribution in [0.15, 0.2) is 78.9 Å². The molecule has 1 saturated carbocycles. The molecule has 0 spiro atoms. The molecule has 0 radical (unpaired) electrons. The lowest BCUT2D eigenvalue weighted by molar-refractivity contribution is -0.141. The molecule has 1 aliphatic heterocycles. The zero-order valence-electron chi connectivity index (χ0n) is 60.0. The first kappa shape index (κ1) is 84.1. The van der Waals surface area contributed by atoms with Gasteiger partial charge in [-0.15, -0.1) is 0 Å². The van der Waals surface area contributed by atoms with Gasteiger partial charge < -0.3 is 72.8 Å². The van der Waals surface area contributed by atoms with Gasteiger partial charge in [-0.3, -0.25) is 67.5 Å². The fourth-order valence-electron chi connectivity index (χ4n) is 13.1. The van der Waals surface area contributed by atoms with E-state index in [1.807, 2.05) is 82.6 Å². The van der Waals surface area contributed by atoms with Gasteiger partial charge in [0.25, 0.3) is 0 Å². The van der Waals surface area contributed by atoms with E-state index >= 15 is 0 Å². The Labute approximate surface area is 610 Å². The number of nitrogens with zero attached hydrogens (tertiary/aromatic N) is 4. The van der Waals surface area contributed by atoms with Crippen molar-refractivity contribution in [1.82, 2.24) is 62.1 Å². The third-order valence-corrected chi connectivity index (χ3v) is 18.8. The fourth-order valence-corrected chi connectivity index (χ4v) is 13.1. The number of hydrogen-bond acceptors (Lipinski definition) is 18. The maximum atomic E-state index is 14.4. The molecule has 0 aromatic heterocycles. The number of carbonyl (C=O) groups excluding carboxylic acids is 8. The van der Waals surface area contributed by atoms with Gasteiger partial charge in [0.2, 0.25) is 35.4 Å². The first-order chi connectivity index (χ1) is 50.3. The molecule has 6 rings (SSSR count). The van der Waals surface area contributed by atoms with Crippen LogP contribution in [0.25, 0.3) is 21.5 Å². The number of methoxy groups -OCH3 is 1. The summed E-state index contributed by atoms with van der Waals surface area (Å²) in [4.78, 5) is 173. The Morgan fingerprint density at radius 1 is 0.476 bits per heavy atom. The van der Waals surface area contributed by atoms with Crippen molar-refractivity contribution < 1.29 is 92.6 Å². The monoisotopic (exact) mass is 1460 g/mol. The average Bonchev–Trinajstić information content (AvgIpc) is 0.773. The zero-order valence-corrected chi connectivity index (χ0v) is 60.0. The Balaban J connectivity index is 1.05. The number of unbranched alkanes of at least 4 members (excludes halogenated alkanes) is 2. The topological polar surface area (TPSA) is 441 Å². The van der Waals surface area contributed by atoms with E-state index in [0.717, 1.165) is 32.7 Å². The Kier molecular flexibility index (Phi) is 35.8. The van der Waals surface area contributed by atoms with Gasteiger partial charge >= 0.3 is 35.9 Å². The number of carbonyl (C=O) groups is 13. The molecule has 1 aliphatic carbocycles. The van der Waals surface area contributed by atoms with Crippen molar-refractivity contribution in [3.8, 4) is 5.75 Å². The summed E-state index contributed by atoms with van der Waals surface area (Å²) in [7, 11) is 1.57. The summed E-state index contributed by atoms with van der Waals surface area (Å²) in [5.41, 5.74) is 1.85. The minimum Gasteiger partial charge on any atom is -0.497 e. The minimum absolute atomic E-state index is 0.0403. The van der Waals surface area contributed by atoms with Gasteiger partial charge in [0.15, 0.2) is 0 Å². The first-order valence-electron chi connectivity index (χ1n) is 36.1. The van der Waals surface area contributed by atoms with Crippen molar-refractivity contribution in [2.24, 2.45) is 11.8 Å². The summed E-state index contributed by atoms with van der Waals surface area (Å²) in [5.74, 6) is -8.49. The number of carboxylic acid groups (broad SMARTS) is 5. The van der Waals surface area contributed by atoms with E-state index in [2.05, 4.69) is 48.6 Å². The molecular weight excluding hydrogens is 1360 g/mol. The SMILES string of the molecule is COc1ccc(CCCC(=O)NCC(=O)N[C@@H](CCCCNC(=O)CN2CCN(CC(=O)O)CCN(CC(C)=O)CCN(CC(=O)O)CC2)C(=O)NCC2CCC(C(=O)N[C@@H](Cc3c4ccccc4cc4ccccc34)C(=O)NCCCC[C@H](NC(=O)N[C@@H](CCCC(=O)O)C(=O)O)C(=O)O)CC2)cc1. The Bertz CT molecular complexity index is 3500. The molecule has 31 heteroatoms. The van der Waals surface area contributed by atoms with Crippen molar-refractivity contribution in [2.45, 2.75) is 140 Å². The Morgan fingerprint density at radius 2 is 0.981 bits per heavy atom. The second-order valence-electron chi connectivity index (χ2n) is 27.0. The van der Waals surface area contributed by atoms with E-state index < -0.39 is 83.7 Å². The highest BCUT2D eigenvalue weighted by molar-refractivity contribution is 6.03. The number of nitrogens with one attached hydrogen (secondary N) is 8. The lowest BCUT2D eigenvalue weighted by Crippen LogP contribution is -2.51. The van der Waals surface area contributed by atoms with Gasteiger partial charge in [-0.2, -0.15) is 0 Å². The van der Waals surface area contributed by atoms with Crippen molar-refractivity contribution in [3.63, 3.8) is 0 Å². The van der Waals surface area contributed by atoms with Crippen molar-refractivity contribution in [2.75, 3.05) is 112 Å². The van der Waals surface area contributed by atoms with E-state index in [9.17, 15) is 82.8 Å². The number of hydrogen-bond donors (Lipinski definition) is 13. The van der Waals surface area contributed by atoms with Crippen LogP contribution in [0, 0.1) is 11.8 Å². The average molecular weight is 1470 g/mol. The smallest absolute Gasteiger partial charge is 0.326 e. The molecule has 31 nitrogen and oxygen atoms in total. The van der Waals surface area contributed by atoms with Gasteiger partial charge in [0.05, 0.1) is 39.8 Å². The summed E-state index contributed by atoms with van der Waals surface area (Å²) in [6.45, 7) is 3.68. The van der Waals surface area contributed by atoms with Crippen LogP contribution in [0.2, 0.25) is 0 Å². The largest absolute Gasteiger partial charge is 0.497 e. The molecule has 1 saturated heterocycles. The van der Waals surface area contributed by atoms with Gasteiger partial charge in [-0.05, 0) is 154 Å². The number of rotatable bonds is 42. The van der Waals surface area contributed by atoms with Crippen LogP contribution in [-0.2, 0) is 70.4 Å². The number of amides is 8. The Morgan fingerprint density at radius 3 is 1.50 bits per heavy atom. The number of ether oxygens (including phenoxy) is 1. The molecule has 4 aromatic rings. The summed E-state index contributed by atoms with van der Waals surface area (Å²) >= 11 is 0.